The zero-order chi connectivity index (χ0) is 13.8. The molecular formula is C13H14N4O2. The van der Waals surface area contributed by atoms with Crippen molar-refractivity contribution >= 4 is 11.8 Å². The van der Waals surface area contributed by atoms with E-state index in [1.807, 2.05) is 13.0 Å². The first-order valence-corrected chi connectivity index (χ1v) is 6.09. The molecule has 0 atom stereocenters. The summed E-state index contributed by atoms with van der Waals surface area (Å²) in [5.41, 5.74) is 1.11. The highest BCUT2D eigenvalue weighted by atomic mass is 16.2. The van der Waals surface area contributed by atoms with Gasteiger partial charge in [0.05, 0.1) is 0 Å². The SMILES string of the molecule is CCN1CCN(Cc2ccnc(C#N)c2)C(=O)C1=O. The second kappa shape index (κ2) is 5.48. The van der Waals surface area contributed by atoms with Crippen LogP contribution in [-0.4, -0.2) is 46.2 Å². The number of carbonyl (C=O) groups excluding carboxylic acids is 2. The molecule has 1 aromatic rings. The maximum atomic E-state index is 11.9. The Morgan fingerprint density at radius 3 is 2.68 bits per heavy atom. The molecule has 0 N–H and O–H groups in total. The number of likely N-dealkylation sites (N-methyl/N-ethyl adjacent to an activating group) is 1. The summed E-state index contributed by atoms with van der Waals surface area (Å²) in [6, 6.07) is 5.32. The predicted octanol–water partition coefficient (Wildman–Crippen LogP) is 0.144. The molecule has 1 aromatic heterocycles. The molecule has 1 aliphatic rings. The highest BCUT2D eigenvalue weighted by molar-refractivity contribution is 6.35. The molecular weight excluding hydrogens is 244 g/mol. The monoisotopic (exact) mass is 258 g/mol. The molecule has 6 heteroatoms. The van der Waals surface area contributed by atoms with Gasteiger partial charge in [-0.2, -0.15) is 5.26 Å². The zero-order valence-electron chi connectivity index (χ0n) is 10.7. The lowest BCUT2D eigenvalue weighted by Gasteiger charge is -2.33. The van der Waals surface area contributed by atoms with Gasteiger partial charge in [-0.1, -0.05) is 0 Å². The van der Waals surface area contributed by atoms with Crippen LogP contribution < -0.4 is 0 Å². The van der Waals surface area contributed by atoms with E-state index in [1.165, 1.54) is 16.0 Å². The summed E-state index contributed by atoms with van der Waals surface area (Å²) >= 11 is 0. The Balaban J connectivity index is 2.10. The Morgan fingerprint density at radius 2 is 2.00 bits per heavy atom. The number of pyridine rings is 1. The van der Waals surface area contributed by atoms with Crippen LogP contribution in [0.5, 0.6) is 0 Å². The van der Waals surface area contributed by atoms with E-state index in [-0.39, 0.29) is 0 Å². The molecule has 19 heavy (non-hydrogen) atoms. The maximum Gasteiger partial charge on any atom is 0.312 e. The van der Waals surface area contributed by atoms with Crippen LogP contribution in [0.25, 0.3) is 0 Å². The van der Waals surface area contributed by atoms with Crippen molar-refractivity contribution < 1.29 is 9.59 Å². The van der Waals surface area contributed by atoms with Crippen molar-refractivity contribution in [1.29, 1.82) is 5.26 Å². The third-order valence-electron chi connectivity index (χ3n) is 3.09. The van der Waals surface area contributed by atoms with Crippen LogP contribution in [0.4, 0.5) is 0 Å². The van der Waals surface area contributed by atoms with E-state index in [9.17, 15) is 9.59 Å². The van der Waals surface area contributed by atoms with Gasteiger partial charge in [-0.25, -0.2) is 4.98 Å². The quantitative estimate of drug-likeness (QED) is 0.723. The molecule has 1 aliphatic heterocycles. The van der Waals surface area contributed by atoms with Crippen molar-refractivity contribution in [3.8, 4) is 6.07 Å². The van der Waals surface area contributed by atoms with Gasteiger partial charge >= 0.3 is 11.8 Å². The minimum absolute atomic E-state index is 0.309. The Labute approximate surface area is 111 Å². The van der Waals surface area contributed by atoms with E-state index in [2.05, 4.69) is 4.98 Å². The number of aromatic nitrogens is 1. The molecule has 6 nitrogen and oxygen atoms in total. The average Bonchev–Trinajstić information content (AvgIpc) is 2.44. The van der Waals surface area contributed by atoms with Gasteiger partial charge in [0.15, 0.2) is 0 Å². The third-order valence-corrected chi connectivity index (χ3v) is 3.09. The second-order valence-corrected chi connectivity index (χ2v) is 4.27. The van der Waals surface area contributed by atoms with Gasteiger partial charge in [0.2, 0.25) is 0 Å². The molecule has 0 aromatic carbocycles. The Hall–Kier alpha value is -2.42. The molecule has 1 saturated heterocycles. The number of rotatable bonds is 3. The number of amides is 2. The Bertz CT molecular complexity index is 550. The molecule has 0 unspecified atom stereocenters. The Morgan fingerprint density at radius 1 is 1.32 bits per heavy atom. The molecule has 0 aliphatic carbocycles. The fourth-order valence-corrected chi connectivity index (χ4v) is 2.02. The van der Waals surface area contributed by atoms with Crippen molar-refractivity contribution in [3.63, 3.8) is 0 Å². The van der Waals surface area contributed by atoms with Crippen molar-refractivity contribution in [2.75, 3.05) is 19.6 Å². The highest BCUT2D eigenvalue weighted by Gasteiger charge is 2.31. The number of nitriles is 1. The van der Waals surface area contributed by atoms with Gasteiger partial charge in [0.25, 0.3) is 0 Å². The van der Waals surface area contributed by atoms with Crippen LogP contribution in [0.3, 0.4) is 0 Å². The number of hydrogen-bond donors (Lipinski definition) is 0. The summed E-state index contributed by atoms with van der Waals surface area (Å²) < 4.78 is 0. The largest absolute Gasteiger partial charge is 0.333 e. The maximum absolute atomic E-state index is 11.9. The van der Waals surface area contributed by atoms with Crippen LogP contribution in [0.2, 0.25) is 0 Å². The normalized spacial score (nSPS) is 15.6. The van der Waals surface area contributed by atoms with Crippen LogP contribution in [0.15, 0.2) is 18.3 Å². The fourth-order valence-electron chi connectivity index (χ4n) is 2.02. The van der Waals surface area contributed by atoms with Gasteiger partial charge in [0.1, 0.15) is 11.8 Å². The third kappa shape index (κ3) is 2.71. The van der Waals surface area contributed by atoms with Crippen molar-refractivity contribution in [2.24, 2.45) is 0 Å². The lowest BCUT2D eigenvalue weighted by Crippen LogP contribution is -2.53. The molecule has 0 spiro atoms. The summed E-state index contributed by atoms with van der Waals surface area (Å²) in [4.78, 5) is 30.6. The van der Waals surface area contributed by atoms with Crippen molar-refractivity contribution in [3.05, 3.63) is 29.6 Å². The smallest absolute Gasteiger partial charge is 0.312 e. The second-order valence-electron chi connectivity index (χ2n) is 4.27. The predicted molar refractivity (Wildman–Crippen MR) is 66.6 cm³/mol. The van der Waals surface area contributed by atoms with Crippen molar-refractivity contribution in [1.82, 2.24) is 14.8 Å². The molecule has 0 saturated carbocycles. The summed E-state index contributed by atoms with van der Waals surface area (Å²) in [5, 5.41) is 8.77. The van der Waals surface area contributed by atoms with Crippen molar-refractivity contribution in [2.45, 2.75) is 13.5 Å². The minimum Gasteiger partial charge on any atom is -0.333 e. The number of carbonyl (C=O) groups is 2. The van der Waals surface area contributed by atoms with Crippen LogP contribution in [-0.2, 0) is 16.1 Å². The number of piperazine rings is 1. The number of hydrogen-bond acceptors (Lipinski definition) is 4. The van der Waals surface area contributed by atoms with Gasteiger partial charge in [-0.15, -0.1) is 0 Å². The topological polar surface area (TPSA) is 77.3 Å². The molecule has 2 rings (SSSR count). The standard InChI is InChI=1S/C13H14N4O2/c1-2-16-5-6-17(13(19)12(16)18)9-10-3-4-15-11(7-10)8-14/h3-4,7H,2,5-6,9H2,1H3. The average molecular weight is 258 g/mol. The molecule has 0 radical (unpaired) electrons. The molecule has 2 amide bonds. The first-order chi connectivity index (χ1) is 9.15. The fraction of sp³-hybridized carbons (Fsp3) is 0.385. The van der Waals surface area contributed by atoms with E-state index in [4.69, 9.17) is 5.26 Å². The van der Waals surface area contributed by atoms with Crippen LogP contribution in [0.1, 0.15) is 18.2 Å². The molecule has 0 bridgehead atoms. The summed E-state index contributed by atoms with van der Waals surface area (Å²) in [7, 11) is 0. The summed E-state index contributed by atoms with van der Waals surface area (Å²) in [6.45, 7) is 3.80. The highest BCUT2D eigenvalue weighted by Crippen LogP contribution is 2.10. The Kier molecular flexibility index (Phi) is 3.76. The van der Waals surface area contributed by atoms with Crippen LogP contribution >= 0.6 is 0 Å². The zero-order valence-corrected chi connectivity index (χ0v) is 10.7. The first-order valence-electron chi connectivity index (χ1n) is 6.09. The van der Waals surface area contributed by atoms with E-state index >= 15 is 0 Å². The lowest BCUT2D eigenvalue weighted by atomic mass is 10.2. The van der Waals surface area contributed by atoms with Crippen LogP contribution in [0, 0.1) is 11.3 Å². The molecule has 1 fully saturated rings. The van der Waals surface area contributed by atoms with Gasteiger partial charge in [-0.05, 0) is 24.6 Å². The van der Waals surface area contributed by atoms with Gasteiger partial charge in [0, 0.05) is 32.4 Å². The summed E-state index contributed by atoms with van der Waals surface area (Å²) in [5.74, 6) is -0.938. The number of nitrogens with zero attached hydrogens (tertiary/aromatic N) is 4. The minimum atomic E-state index is -0.483. The molecule has 2 heterocycles. The summed E-state index contributed by atoms with van der Waals surface area (Å²) in [6.07, 6.45) is 1.53. The van der Waals surface area contributed by atoms with Gasteiger partial charge < -0.3 is 9.80 Å². The lowest BCUT2D eigenvalue weighted by molar-refractivity contribution is -0.156. The first kappa shape index (κ1) is 13.0. The van der Waals surface area contributed by atoms with E-state index in [0.717, 1.165) is 5.56 Å². The van der Waals surface area contributed by atoms with E-state index < -0.39 is 11.8 Å². The van der Waals surface area contributed by atoms with Gasteiger partial charge in [-0.3, -0.25) is 9.59 Å². The van der Waals surface area contributed by atoms with E-state index in [1.54, 1.807) is 12.1 Å². The van der Waals surface area contributed by atoms with E-state index in [0.29, 0.717) is 31.9 Å². The molecule has 98 valence electrons.